The fourth-order valence-corrected chi connectivity index (χ4v) is 4.66. The van der Waals surface area contributed by atoms with Crippen LogP contribution in [0.15, 0.2) is 35.4 Å². The Kier molecular flexibility index (Phi) is 6.42. The van der Waals surface area contributed by atoms with Gasteiger partial charge in [-0.05, 0) is 32.2 Å². The van der Waals surface area contributed by atoms with Crippen LogP contribution in [0.25, 0.3) is 10.9 Å². The minimum atomic E-state index is -0.763. The molecule has 1 aromatic carbocycles. The summed E-state index contributed by atoms with van der Waals surface area (Å²) in [6.07, 6.45) is 2.89. The van der Waals surface area contributed by atoms with Crippen LogP contribution in [0.2, 0.25) is 0 Å². The number of carbonyl (C=O) groups is 2. The highest BCUT2D eigenvalue weighted by molar-refractivity contribution is 6.01. The number of hydrogen-bond donors (Lipinski definition) is 2. The first-order chi connectivity index (χ1) is 17.8. The second kappa shape index (κ2) is 9.69. The molecule has 2 N–H and O–H groups in total. The average molecular weight is 511 g/mol. The normalized spacial score (nSPS) is 17.3. The Hall–Kier alpha value is -4.19. The molecule has 3 aromatic rings. The number of benzene rings is 1. The number of carbonyl (C=O) groups excluding carboxylic acids is 2. The number of nitrogens with one attached hydrogen (secondary N) is 2. The van der Waals surface area contributed by atoms with E-state index in [9.17, 15) is 14.4 Å². The van der Waals surface area contributed by atoms with Crippen LogP contribution in [-0.4, -0.2) is 73.3 Å². The third kappa shape index (κ3) is 4.33. The summed E-state index contributed by atoms with van der Waals surface area (Å²) in [5.41, 5.74) is 5.05. The number of hydrazine groups is 1. The number of halogens is 1. The number of pyridine rings is 2. The fraction of sp³-hybridized carbons (Fsp3) is 0.360. The molecule has 37 heavy (non-hydrogen) atoms. The van der Waals surface area contributed by atoms with E-state index >= 15 is 4.39 Å². The van der Waals surface area contributed by atoms with Crippen molar-refractivity contribution >= 4 is 34.3 Å². The van der Waals surface area contributed by atoms with Gasteiger partial charge in [-0.1, -0.05) is 0 Å². The molecule has 1 atom stereocenters. The predicted octanol–water partition coefficient (Wildman–Crippen LogP) is 1.78. The standard InChI is InChI=1S/C25H27FN6O5/c1-14-13-37-22-19-16(11-18(26)20(22)31-9-7-30(2)8-10-31)21(33)17(12-32(14)19)24(34)29-28-23-15(25(35)36-3)5-4-6-27-23/h4-6,11-12,14H,7-10,13H2,1-3H3,(H,27,28)(H,29,34)/t14-/m0/s1. The Balaban J connectivity index is 1.53. The highest BCUT2D eigenvalue weighted by atomic mass is 19.1. The molecule has 0 saturated carbocycles. The predicted molar refractivity (Wildman–Crippen MR) is 135 cm³/mol. The van der Waals surface area contributed by atoms with Gasteiger partial charge in [0.05, 0.1) is 24.1 Å². The maximum atomic E-state index is 15.5. The van der Waals surface area contributed by atoms with Crippen molar-refractivity contribution in [2.24, 2.45) is 0 Å². The van der Waals surface area contributed by atoms with Crippen molar-refractivity contribution in [3.05, 3.63) is 57.8 Å². The Morgan fingerprint density at radius 2 is 1.97 bits per heavy atom. The van der Waals surface area contributed by atoms with Gasteiger partial charge in [0.2, 0.25) is 5.43 Å². The lowest BCUT2D eigenvalue weighted by Gasteiger charge is -2.37. The maximum Gasteiger partial charge on any atom is 0.341 e. The Morgan fingerprint density at radius 3 is 2.70 bits per heavy atom. The van der Waals surface area contributed by atoms with Crippen LogP contribution in [0.3, 0.4) is 0 Å². The van der Waals surface area contributed by atoms with Crippen molar-refractivity contribution in [3.63, 3.8) is 0 Å². The second-order valence-corrected chi connectivity index (χ2v) is 9.13. The number of aromatic nitrogens is 2. The largest absolute Gasteiger partial charge is 0.487 e. The molecular formula is C25H27FN6O5. The molecular weight excluding hydrogens is 483 g/mol. The zero-order valence-corrected chi connectivity index (χ0v) is 20.7. The lowest BCUT2D eigenvalue weighted by Crippen LogP contribution is -2.45. The van der Waals surface area contributed by atoms with Crippen LogP contribution in [0.1, 0.15) is 33.7 Å². The Morgan fingerprint density at radius 1 is 1.22 bits per heavy atom. The first kappa shape index (κ1) is 24.5. The van der Waals surface area contributed by atoms with Gasteiger partial charge in [0.25, 0.3) is 5.91 Å². The van der Waals surface area contributed by atoms with E-state index in [1.807, 2.05) is 18.9 Å². The van der Waals surface area contributed by atoms with Crippen molar-refractivity contribution < 1.29 is 23.5 Å². The van der Waals surface area contributed by atoms with E-state index in [4.69, 9.17) is 9.47 Å². The number of likely N-dealkylation sites (N-methyl/N-ethyl adjacent to an activating group) is 1. The monoisotopic (exact) mass is 510 g/mol. The van der Waals surface area contributed by atoms with E-state index in [0.717, 1.165) is 13.1 Å². The average Bonchev–Trinajstić information content (AvgIpc) is 2.90. The number of ether oxygens (including phenoxy) is 2. The van der Waals surface area contributed by atoms with E-state index in [1.54, 1.807) is 10.6 Å². The molecule has 1 amide bonds. The quantitative estimate of drug-likeness (QED) is 0.391. The van der Waals surface area contributed by atoms with Gasteiger partial charge in [0.15, 0.2) is 17.4 Å². The number of rotatable bonds is 5. The summed E-state index contributed by atoms with van der Waals surface area (Å²) in [5.74, 6) is -1.61. The minimum absolute atomic E-state index is 0.0526. The van der Waals surface area contributed by atoms with Gasteiger partial charge < -0.3 is 23.8 Å². The minimum Gasteiger partial charge on any atom is -0.487 e. The maximum absolute atomic E-state index is 15.5. The van der Waals surface area contributed by atoms with E-state index in [1.165, 1.54) is 31.6 Å². The van der Waals surface area contributed by atoms with E-state index in [2.05, 4.69) is 20.7 Å². The van der Waals surface area contributed by atoms with Crippen molar-refractivity contribution in [2.75, 3.05) is 57.3 Å². The SMILES string of the molecule is COC(=O)c1cccnc1NNC(=O)c1cn2c3c(c(N4CCN(C)CC4)c(F)cc3c1=O)OC[C@@H]2C. The number of amides is 1. The molecule has 0 radical (unpaired) electrons. The van der Waals surface area contributed by atoms with Gasteiger partial charge >= 0.3 is 5.97 Å². The van der Waals surface area contributed by atoms with Gasteiger partial charge in [-0.25, -0.2) is 14.2 Å². The molecule has 0 spiro atoms. The van der Waals surface area contributed by atoms with Gasteiger partial charge in [0.1, 0.15) is 23.4 Å². The summed E-state index contributed by atoms with van der Waals surface area (Å²) in [6.45, 7) is 4.96. The number of anilines is 2. The first-order valence-corrected chi connectivity index (χ1v) is 11.9. The van der Waals surface area contributed by atoms with Crippen molar-refractivity contribution in [2.45, 2.75) is 13.0 Å². The van der Waals surface area contributed by atoms with E-state index in [0.29, 0.717) is 30.0 Å². The molecule has 12 heteroatoms. The molecule has 1 saturated heterocycles. The molecule has 2 aliphatic heterocycles. The molecule has 5 rings (SSSR count). The zero-order valence-electron chi connectivity index (χ0n) is 20.7. The number of methoxy groups -OCH3 is 1. The van der Waals surface area contributed by atoms with Crippen LogP contribution in [0, 0.1) is 5.82 Å². The Labute approximate surface area is 211 Å². The lowest BCUT2D eigenvalue weighted by atomic mass is 10.0. The van der Waals surface area contributed by atoms with Crippen LogP contribution in [-0.2, 0) is 4.74 Å². The molecule has 0 unspecified atom stereocenters. The molecule has 1 fully saturated rings. The number of piperazine rings is 1. The van der Waals surface area contributed by atoms with Gasteiger partial charge in [0, 0.05) is 38.6 Å². The third-order valence-corrected chi connectivity index (χ3v) is 6.71. The first-order valence-electron chi connectivity index (χ1n) is 11.9. The molecule has 2 aliphatic rings. The summed E-state index contributed by atoms with van der Waals surface area (Å²) >= 11 is 0. The molecule has 0 bridgehead atoms. The van der Waals surface area contributed by atoms with Gasteiger partial charge in [-0.15, -0.1) is 0 Å². The number of esters is 1. The summed E-state index contributed by atoms with van der Waals surface area (Å²) in [5, 5.41) is 0.0534. The number of hydrogen-bond acceptors (Lipinski definition) is 9. The molecule has 4 heterocycles. The molecule has 2 aromatic heterocycles. The van der Waals surface area contributed by atoms with E-state index < -0.39 is 23.1 Å². The topological polar surface area (TPSA) is 118 Å². The van der Waals surface area contributed by atoms with Crippen LogP contribution < -0.4 is 25.9 Å². The van der Waals surface area contributed by atoms with Crippen LogP contribution in [0.5, 0.6) is 5.75 Å². The highest BCUT2D eigenvalue weighted by Crippen LogP contribution is 2.42. The van der Waals surface area contributed by atoms with Crippen LogP contribution >= 0.6 is 0 Å². The lowest BCUT2D eigenvalue weighted by molar-refractivity contribution is 0.0601. The summed E-state index contributed by atoms with van der Waals surface area (Å²) in [6, 6.07) is 4.01. The summed E-state index contributed by atoms with van der Waals surface area (Å²) < 4.78 is 28.0. The molecule has 194 valence electrons. The highest BCUT2D eigenvalue weighted by Gasteiger charge is 2.31. The van der Waals surface area contributed by atoms with Gasteiger partial charge in [-0.2, -0.15) is 0 Å². The fourth-order valence-electron chi connectivity index (χ4n) is 4.66. The summed E-state index contributed by atoms with van der Waals surface area (Å²) in [4.78, 5) is 46.6. The smallest absolute Gasteiger partial charge is 0.341 e. The third-order valence-electron chi connectivity index (χ3n) is 6.71. The summed E-state index contributed by atoms with van der Waals surface area (Å²) in [7, 11) is 3.24. The second-order valence-electron chi connectivity index (χ2n) is 9.13. The number of nitrogens with zero attached hydrogens (tertiary/aromatic N) is 4. The van der Waals surface area contributed by atoms with Crippen molar-refractivity contribution in [3.8, 4) is 5.75 Å². The van der Waals surface area contributed by atoms with Gasteiger partial charge in [-0.3, -0.25) is 20.4 Å². The van der Waals surface area contributed by atoms with Crippen LogP contribution in [0.4, 0.5) is 15.9 Å². The zero-order chi connectivity index (χ0) is 26.3. The van der Waals surface area contributed by atoms with Crippen molar-refractivity contribution in [1.82, 2.24) is 19.9 Å². The van der Waals surface area contributed by atoms with E-state index in [-0.39, 0.29) is 35.0 Å². The molecule has 11 nitrogen and oxygen atoms in total. The Bertz CT molecular complexity index is 1450. The van der Waals surface area contributed by atoms with Crippen molar-refractivity contribution in [1.29, 1.82) is 0 Å². The molecule has 0 aliphatic carbocycles.